The lowest BCUT2D eigenvalue weighted by Crippen LogP contribution is -2.48. The number of rotatable bonds is 8. The summed E-state index contributed by atoms with van der Waals surface area (Å²) in [4.78, 5) is 33.7. The van der Waals surface area contributed by atoms with Gasteiger partial charge in [-0.3, -0.25) is 14.5 Å². The number of hydrogen-bond acceptors (Lipinski definition) is 5. The summed E-state index contributed by atoms with van der Waals surface area (Å²) in [6.45, 7) is 8.23. The first-order valence-electron chi connectivity index (χ1n) is 10.1. The lowest BCUT2D eigenvalue weighted by atomic mass is 10.0. The van der Waals surface area contributed by atoms with Crippen molar-refractivity contribution in [2.75, 3.05) is 26.2 Å². The number of benzene rings is 1. The van der Waals surface area contributed by atoms with Crippen molar-refractivity contribution in [1.29, 1.82) is 0 Å². The molecular formula is C22H29N3O2S. The highest BCUT2D eigenvalue weighted by molar-refractivity contribution is 7.09. The highest BCUT2D eigenvalue weighted by Gasteiger charge is 2.22. The molecule has 2 aromatic rings. The van der Waals surface area contributed by atoms with Crippen LogP contribution in [-0.4, -0.2) is 52.7 Å². The number of hydrogen-bond donors (Lipinski definition) is 0. The maximum Gasteiger partial charge on any atom is 0.223 e. The molecule has 0 atom stereocenters. The fourth-order valence-corrected chi connectivity index (χ4v) is 4.15. The van der Waals surface area contributed by atoms with E-state index < -0.39 is 0 Å². The van der Waals surface area contributed by atoms with Crippen molar-refractivity contribution in [2.45, 2.75) is 46.1 Å². The van der Waals surface area contributed by atoms with Crippen LogP contribution >= 0.6 is 11.3 Å². The number of amides is 1. The van der Waals surface area contributed by atoms with E-state index in [0.717, 1.165) is 51.3 Å². The number of aromatic nitrogens is 1. The maximum atomic E-state index is 12.5. The Morgan fingerprint density at radius 2 is 1.71 bits per heavy atom. The van der Waals surface area contributed by atoms with E-state index in [0.29, 0.717) is 12.0 Å². The van der Waals surface area contributed by atoms with Gasteiger partial charge in [0.05, 0.1) is 10.7 Å². The van der Waals surface area contributed by atoms with Crippen LogP contribution in [0, 0.1) is 0 Å². The summed E-state index contributed by atoms with van der Waals surface area (Å²) in [5, 5.41) is 3.31. The Bertz CT molecular complexity index is 792. The van der Waals surface area contributed by atoms with Crippen LogP contribution in [0.5, 0.6) is 0 Å². The summed E-state index contributed by atoms with van der Waals surface area (Å²) in [6.07, 6.45) is 2.51. The van der Waals surface area contributed by atoms with E-state index in [2.05, 4.69) is 29.1 Å². The summed E-state index contributed by atoms with van der Waals surface area (Å²) in [6, 6.07) is 7.71. The second-order valence-electron chi connectivity index (χ2n) is 7.22. The molecular weight excluding hydrogens is 370 g/mol. The summed E-state index contributed by atoms with van der Waals surface area (Å²) < 4.78 is 0. The van der Waals surface area contributed by atoms with Gasteiger partial charge in [0.25, 0.3) is 0 Å². The monoisotopic (exact) mass is 399 g/mol. The average Bonchev–Trinajstić information content (AvgIpc) is 3.20. The van der Waals surface area contributed by atoms with Crippen molar-refractivity contribution in [1.82, 2.24) is 14.8 Å². The van der Waals surface area contributed by atoms with Crippen molar-refractivity contribution in [2.24, 2.45) is 0 Å². The molecule has 0 saturated carbocycles. The number of thiazole rings is 1. The summed E-state index contributed by atoms with van der Waals surface area (Å²) in [7, 11) is 0. The average molecular weight is 400 g/mol. The van der Waals surface area contributed by atoms with Crippen molar-refractivity contribution in [3.63, 3.8) is 0 Å². The second kappa shape index (κ2) is 9.94. The zero-order chi connectivity index (χ0) is 19.9. The van der Waals surface area contributed by atoms with Crippen molar-refractivity contribution in [3.8, 4) is 0 Å². The van der Waals surface area contributed by atoms with Gasteiger partial charge in [-0.1, -0.05) is 38.1 Å². The lowest BCUT2D eigenvalue weighted by Gasteiger charge is -2.34. The van der Waals surface area contributed by atoms with Crippen LogP contribution in [0.2, 0.25) is 0 Å². The van der Waals surface area contributed by atoms with Crippen LogP contribution in [0.15, 0.2) is 29.6 Å². The molecule has 1 amide bonds. The van der Waals surface area contributed by atoms with E-state index in [1.54, 1.807) is 11.3 Å². The fraction of sp³-hybridized carbons (Fsp3) is 0.500. The molecule has 0 radical (unpaired) electrons. The van der Waals surface area contributed by atoms with Gasteiger partial charge in [0, 0.05) is 56.5 Å². The third-order valence-electron chi connectivity index (χ3n) is 5.26. The molecule has 0 spiro atoms. The first-order chi connectivity index (χ1) is 13.6. The Balaban J connectivity index is 1.41. The zero-order valence-electron chi connectivity index (χ0n) is 16.8. The molecule has 0 bridgehead atoms. The molecule has 0 aliphatic carbocycles. The molecule has 6 heteroatoms. The highest BCUT2D eigenvalue weighted by Crippen LogP contribution is 2.15. The van der Waals surface area contributed by atoms with Gasteiger partial charge in [0.1, 0.15) is 0 Å². The lowest BCUT2D eigenvalue weighted by molar-refractivity contribution is -0.133. The normalized spacial score (nSPS) is 15.0. The smallest absolute Gasteiger partial charge is 0.223 e. The largest absolute Gasteiger partial charge is 0.340 e. The van der Waals surface area contributed by atoms with Crippen molar-refractivity contribution < 1.29 is 9.59 Å². The fourth-order valence-electron chi connectivity index (χ4n) is 3.42. The van der Waals surface area contributed by atoms with Gasteiger partial charge in [-0.2, -0.15) is 0 Å². The zero-order valence-corrected chi connectivity index (χ0v) is 17.6. The van der Waals surface area contributed by atoms with E-state index in [-0.39, 0.29) is 18.1 Å². The number of carbonyl (C=O) groups is 2. The number of ketones is 1. The molecule has 5 nitrogen and oxygen atoms in total. The molecule has 1 aromatic heterocycles. The number of carbonyl (C=O) groups excluding carboxylic acids is 2. The quantitative estimate of drug-likeness (QED) is 0.637. The second-order valence-corrected chi connectivity index (χ2v) is 8.16. The minimum Gasteiger partial charge on any atom is -0.340 e. The molecule has 1 aromatic carbocycles. The number of nitrogens with zero attached hydrogens (tertiary/aromatic N) is 3. The molecule has 2 heterocycles. The number of Topliss-reactive ketones (excluding diaryl/α,β-unsaturated/α-hetero) is 1. The minimum atomic E-state index is 0.0462. The Morgan fingerprint density at radius 1 is 1.00 bits per heavy atom. The molecule has 1 aliphatic heterocycles. The SMILES string of the molecule is CCc1ccc(C(=O)CCC(=O)N2CCN(Cc3csc(CC)n3)CC2)cc1. The standard InChI is InChI=1S/C22H29N3O2S/c1-3-17-5-7-18(8-6-17)20(26)9-10-22(27)25-13-11-24(12-14-25)15-19-16-28-21(4-2)23-19/h5-8,16H,3-4,9-15H2,1-2H3. The Morgan fingerprint density at radius 3 is 2.32 bits per heavy atom. The third-order valence-corrected chi connectivity index (χ3v) is 6.30. The van der Waals surface area contributed by atoms with Gasteiger partial charge in [0.15, 0.2) is 5.78 Å². The van der Waals surface area contributed by atoms with Gasteiger partial charge >= 0.3 is 0 Å². The van der Waals surface area contributed by atoms with Crippen LogP contribution in [0.4, 0.5) is 0 Å². The predicted molar refractivity (Wildman–Crippen MR) is 113 cm³/mol. The van der Waals surface area contributed by atoms with E-state index in [1.807, 2.05) is 29.2 Å². The molecule has 3 rings (SSSR count). The topological polar surface area (TPSA) is 53.5 Å². The molecule has 1 saturated heterocycles. The minimum absolute atomic E-state index is 0.0462. The Hall–Kier alpha value is -2.05. The van der Waals surface area contributed by atoms with E-state index in [9.17, 15) is 9.59 Å². The van der Waals surface area contributed by atoms with Gasteiger partial charge in [0.2, 0.25) is 5.91 Å². The van der Waals surface area contributed by atoms with Gasteiger partial charge in [-0.15, -0.1) is 11.3 Å². The molecule has 0 N–H and O–H groups in total. The van der Waals surface area contributed by atoms with Crippen LogP contribution in [0.3, 0.4) is 0 Å². The van der Waals surface area contributed by atoms with Gasteiger partial charge in [-0.05, 0) is 18.4 Å². The highest BCUT2D eigenvalue weighted by atomic mass is 32.1. The maximum absolute atomic E-state index is 12.5. The van der Waals surface area contributed by atoms with Crippen LogP contribution in [0.1, 0.15) is 53.3 Å². The Labute approximate surface area is 171 Å². The van der Waals surface area contributed by atoms with Crippen molar-refractivity contribution in [3.05, 3.63) is 51.5 Å². The van der Waals surface area contributed by atoms with Crippen molar-refractivity contribution >= 4 is 23.0 Å². The molecule has 1 aliphatic rings. The van der Waals surface area contributed by atoms with Gasteiger partial charge < -0.3 is 4.90 Å². The summed E-state index contributed by atoms with van der Waals surface area (Å²) in [5.74, 6) is 0.130. The predicted octanol–water partition coefficient (Wildman–Crippen LogP) is 3.58. The van der Waals surface area contributed by atoms with Crippen LogP contribution in [0.25, 0.3) is 0 Å². The number of piperazine rings is 1. The molecule has 1 fully saturated rings. The van der Waals surface area contributed by atoms with E-state index in [1.165, 1.54) is 10.6 Å². The van der Waals surface area contributed by atoms with Crippen LogP contribution < -0.4 is 0 Å². The molecule has 28 heavy (non-hydrogen) atoms. The molecule has 0 unspecified atom stereocenters. The first kappa shape index (κ1) is 20.7. The summed E-state index contributed by atoms with van der Waals surface area (Å²) >= 11 is 1.72. The number of aryl methyl sites for hydroxylation is 2. The first-order valence-corrected chi connectivity index (χ1v) is 11.0. The Kier molecular flexibility index (Phi) is 7.34. The van der Waals surface area contributed by atoms with Gasteiger partial charge in [-0.25, -0.2) is 4.98 Å². The van der Waals surface area contributed by atoms with E-state index >= 15 is 0 Å². The molecule has 150 valence electrons. The summed E-state index contributed by atoms with van der Waals surface area (Å²) in [5.41, 5.74) is 3.04. The third kappa shape index (κ3) is 5.49. The van der Waals surface area contributed by atoms with Crippen LogP contribution in [-0.2, 0) is 24.2 Å². The van der Waals surface area contributed by atoms with E-state index in [4.69, 9.17) is 0 Å².